The zero-order valence-corrected chi connectivity index (χ0v) is 15.8. The summed E-state index contributed by atoms with van der Waals surface area (Å²) in [7, 11) is 0. The van der Waals surface area contributed by atoms with Crippen LogP contribution in [-0.2, 0) is 0 Å². The molecule has 9 heteroatoms. The number of hydrogen-bond acceptors (Lipinski definition) is 6. The fourth-order valence-corrected chi connectivity index (χ4v) is 3.58. The molecule has 0 unspecified atom stereocenters. The van der Waals surface area contributed by atoms with E-state index in [0.29, 0.717) is 12.5 Å². The predicted octanol–water partition coefficient (Wildman–Crippen LogP) is 2.12. The number of nitrogens with one attached hydrogen (secondary N) is 2. The van der Waals surface area contributed by atoms with Gasteiger partial charge in [0.2, 0.25) is 12.2 Å². The summed E-state index contributed by atoms with van der Waals surface area (Å²) in [5.74, 6) is 1.47. The molecule has 1 fully saturated rings. The second-order valence-electron chi connectivity index (χ2n) is 6.78. The van der Waals surface area contributed by atoms with Crippen LogP contribution in [0.5, 0.6) is 0 Å². The molecule has 0 radical (unpaired) electrons. The highest BCUT2D eigenvalue weighted by atomic mass is 15.4. The summed E-state index contributed by atoms with van der Waals surface area (Å²) < 4.78 is 0. The Morgan fingerprint density at radius 3 is 3.04 bits per heavy atom. The Hall–Kier alpha value is -3.67. The number of aliphatic imine (C=N–C) groups is 1. The van der Waals surface area contributed by atoms with E-state index >= 15 is 0 Å². The maximum Gasteiger partial charge on any atom is 0.214 e. The van der Waals surface area contributed by atoms with E-state index in [0.717, 1.165) is 41.2 Å². The summed E-state index contributed by atoms with van der Waals surface area (Å²) in [6.45, 7) is 6.41. The molecule has 1 aliphatic rings. The maximum absolute atomic E-state index is 9.14. The second-order valence-corrected chi connectivity index (χ2v) is 6.78. The highest BCUT2D eigenvalue weighted by Gasteiger charge is 2.28. The molecule has 1 aliphatic heterocycles. The molecular formula is C19H21N9. The Labute approximate surface area is 162 Å². The first-order valence-corrected chi connectivity index (χ1v) is 9.11. The first-order chi connectivity index (χ1) is 13.7. The molecule has 1 atom stereocenters. The van der Waals surface area contributed by atoms with Crippen molar-refractivity contribution in [2.45, 2.75) is 19.9 Å². The number of H-pyrrole nitrogens is 1. The Morgan fingerprint density at radius 2 is 2.29 bits per heavy atom. The van der Waals surface area contributed by atoms with Crippen molar-refractivity contribution in [1.29, 1.82) is 5.26 Å². The Morgan fingerprint density at radius 1 is 1.39 bits per heavy atom. The lowest BCUT2D eigenvalue weighted by Gasteiger charge is -2.41. The zero-order chi connectivity index (χ0) is 19.5. The van der Waals surface area contributed by atoms with Crippen LogP contribution in [0.3, 0.4) is 0 Å². The van der Waals surface area contributed by atoms with Crippen LogP contribution in [0, 0.1) is 18.4 Å². The largest absolute Gasteiger partial charge is 0.352 e. The molecule has 4 heterocycles. The number of piperazine rings is 1. The van der Waals surface area contributed by atoms with E-state index < -0.39 is 0 Å². The third-order valence-corrected chi connectivity index (χ3v) is 4.92. The molecule has 0 saturated carbocycles. The van der Waals surface area contributed by atoms with Crippen molar-refractivity contribution >= 4 is 28.5 Å². The van der Waals surface area contributed by atoms with Crippen molar-refractivity contribution in [3.8, 4) is 6.19 Å². The molecule has 3 aromatic rings. The Bertz CT molecular complexity index is 1030. The molecule has 1 saturated heterocycles. The van der Waals surface area contributed by atoms with Crippen LogP contribution >= 0.6 is 0 Å². The summed E-state index contributed by atoms with van der Waals surface area (Å²) in [5.41, 5.74) is 2.78. The molecule has 0 aliphatic carbocycles. The number of fused-ring (bicyclic) bond motifs is 1. The van der Waals surface area contributed by atoms with E-state index in [1.54, 1.807) is 18.7 Å². The lowest BCUT2D eigenvalue weighted by Crippen LogP contribution is -2.56. The molecule has 9 nitrogen and oxygen atoms in total. The van der Waals surface area contributed by atoms with Gasteiger partial charge in [-0.3, -0.25) is 4.98 Å². The van der Waals surface area contributed by atoms with Crippen molar-refractivity contribution in [2.75, 3.05) is 29.9 Å². The van der Waals surface area contributed by atoms with Crippen molar-refractivity contribution in [3.05, 3.63) is 42.6 Å². The van der Waals surface area contributed by atoms with Gasteiger partial charge in [0.1, 0.15) is 17.8 Å². The molecule has 28 heavy (non-hydrogen) atoms. The van der Waals surface area contributed by atoms with Crippen LogP contribution < -0.4 is 10.2 Å². The zero-order valence-electron chi connectivity index (χ0n) is 15.8. The number of nitriles is 1. The third-order valence-electron chi connectivity index (χ3n) is 4.92. The summed E-state index contributed by atoms with van der Waals surface area (Å²) in [4.78, 5) is 24.5. The number of aryl methyl sites for hydroxylation is 1. The van der Waals surface area contributed by atoms with Crippen molar-refractivity contribution in [2.24, 2.45) is 4.99 Å². The summed E-state index contributed by atoms with van der Waals surface area (Å²) in [5, 5.41) is 13.4. The van der Waals surface area contributed by atoms with Gasteiger partial charge in [0.15, 0.2) is 0 Å². The number of guanidine groups is 1. The number of anilines is 2. The lowest BCUT2D eigenvalue weighted by molar-refractivity contribution is 0.297. The smallest absolute Gasteiger partial charge is 0.214 e. The number of hydrogen-bond donors (Lipinski definition) is 2. The normalized spacial score (nSPS) is 17.6. The van der Waals surface area contributed by atoms with E-state index in [1.807, 2.05) is 24.5 Å². The minimum absolute atomic E-state index is 0.134. The molecule has 3 aromatic heterocycles. The molecule has 0 aromatic carbocycles. The van der Waals surface area contributed by atoms with E-state index in [2.05, 4.69) is 53.9 Å². The molecule has 4 rings (SSSR count). The number of nitrogens with zero attached hydrogens (tertiary/aromatic N) is 7. The minimum Gasteiger partial charge on any atom is -0.352 e. The first kappa shape index (κ1) is 17.7. The molecule has 2 N–H and O–H groups in total. The summed E-state index contributed by atoms with van der Waals surface area (Å²) in [6, 6.07) is 3.87. The predicted molar refractivity (Wildman–Crippen MR) is 108 cm³/mol. The average Bonchev–Trinajstić information content (AvgIpc) is 3.10. The van der Waals surface area contributed by atoms with E-state index in [4.69, 9.17) is 5.26 Å². The highest BCUT2D eigenvalue weighted by molar-refractivity contribution is 5.95. The third kappa shape index (κ3) is 3.32. The van der Waals surface area contributed by atoms with Gasteiger partial charge < -0.3 is 20.1 Å². The van der Waals surface area contributed by atoms with Crippen LogP contribution in [0.15, 0.2) is 42.0 Å². The summed E-state index contributed by atoms with van der Waals surface area (Å²) >= 11 is 0. The fraction of sp³-hybridized carbons (Fsp3) is 0.316. The van der Waals surface area contributed by atoms with Gasteiger partial charge in [-0.05, 0) is 31.5 Å². The van der Waals surface area contributed by atoms with Gasteiger partial charge in [-0.25, -0.2) is 9.97 Å². The van der Waals surface area contributed by atoms with Gasteiger partial charge in [-0.1, -0.05) is 0 Å². The quantitative estimate of drug-likeness (QED) is 0.401. The van der Waals surface area contributed by atoms with Gasteiger partial charge in [0.05, 0.1) is 17.3 Å². The molecule has 0 bridgehead atoms. The molecule has 0 amide bonds. The second kappa shape index (κ2) is 7.52. The standard InChI is InChI=1S/C19H21N9/c1-13-8-22-17-16(13)18(25-12-24-17)27-6-7-28(14(2)10-27)19(23-11-20)26-15-4-3-5-21-9-15/h3-5,8-9,12,14H,6-7,10H2,1-2H3,(H,23,26)(H,22,24,25)/t14-/m0/s1. The SMILES string of the molecule is Cc1c[nH]c2ncnc(N3CCN(/C(=N/C#N)Nc4cccnc4)[C@@H](C)C3)c12. The van der Waals surface area contributed by atoms with E-state index in [1.165, 1.54) is 0 Å². The van der Waals surface area contributed by atoms with Crippen LogP contribution in [0.4, 0.5) is 11.5 Å². The lowest BCUT2D eigenvalue weighted by atomic mass is 10.1. The molecule has 142 valence electrons. The molecule has 0 spiro atoms. The summed E-state index contributed by atoms with van der Waals surface area (Å²) in [6.07, 6.45) is 8.87. The number of aromatic amines is 1. The van der Waals surface area contributed by atoms with Gasteiger partial charge in [-0.2, -0.15) is 5.26 Å². The van der Waals surface area contributed by atoms with Gasteiger partial charge in [0.25, 0.3) is 0 Å². The van der Waals surface area contributed by atoms with Crippen molar-refractivity contribution in [3.63, 3.8) is 0 Å². The van der Waals surface area contributed by atoms with Gasteiger partial charge in [-0.15, -0.1) is 4.99 Å². The Kier molecular flexibility index (Phi) is 4.76. The highest BCUT2D eigenvalue weighted by Crippen LogP contribution is 2.27. The van der Waals surface area contributed by atoms with Gasteiger partial charge >= 0.3 is 0 Å². The monoisotopic (exact) mass is 375 g/mol. The number of pyridine rings is 1. The maximum atomic E-state index is 9.14. The number of aromatic nitrogens is 4. The van der Waals surface area contributed by atoms with Crippen LogP contribution in [0.1, 0.15) is 12.5 Å². The van der Waals surface area contributed by atoms with Crippen LogP contribution in [0.2, 0.25) is 0 Å². The van der Waals surface area contributed by atoms with Crippen molar-refractivity contribution in [1.82, 2.24) is 24.8 Å². The van der Waals surface area contributed by atoms with E-state index in [-0.39, 0.29) is 6.04 Å². The average molecular weight is 375 g/mol. The van der Waals surface area contributed by atoms with E-state index in [9.17, 15) is 0 Å². The van der Waals surface area contributed by atoms with Crippen LogP contribution in [-0.4, -0.2) is 56.5 Å². The van der Waals surface area contributed by atoms with Crippen LogP contribution in [0.25, 0.3) is 11.0 Å². The topological polar surface area (TPSA) is 109 Å². The Balaban J connectivity index is 1.55. The number of rotatable bonds is 2. The minimum atomic E-state index is 0.134. The van der Waals surface area contributed by atoms with Crippen molar-refractivity contribution < 1.29 is 0 Å². The van der Waals surface area contributed by atoms with Gasteiger partial charge in [0, 0.05) is 38.1 Å². The first-order valence-electron chi connectivity index (χ1n) is 9.11. The molecular weight excluding hydrogens is 354 g/mol. The fourth-order valence-electron chi connectivity index (χ4n) is 3.58.